The number of aliphatic carboxylic acids is 1. The second kappa shape index (κ2) is 13.2. The van der Waals surface area contributed by atoms with E-state index in [0.717, 1.165) is 19.3 Å². The summed E-state index contributed by atoms with van der Waals surface area (Å²) in [5, 5.41) is 50.4. The van der Waals surface area contributed by atoms with Crippen LogP contribution in [0.1, 0.15) is 80.6 Å². The first kappa shape index (κ1) is 33.7. The highest BCUT2D eigenvalue weighted by atomic mass is 16.7. The molecule has 0 bridgehead atoms. The minimum absolute atomic E-state index is 0.0135. The molecule has 3 rings (SSSR count). The summed E-state index contributed by atoms with van der Waals surface area (Å²) in [5.74, 6) is -1.06. The summed E-state index contributed by atoms with van der Waals surface area (Å²) in [6.07, 6.45) is -1.90. The van der Waals surface area contributed by atoms with Crippen molar-refractivity contribution >= 4 is 11.9 Å². The van der Waals surface area contributed by atoms with E-state index in [1.807, 2.05) is 6.92 Å². The molecule has 5 N–H and O–H groups in total. The number of hydrogen-bond acceptors (Lipinski definition) is 9. The highest BCUT2D eigenvalue weighted by molar-refractivity contribution is 5.87. The van der Waals surface area contributed by atoms with Crippen LogP contribution < -0.4 is 0 Å². The van der Waals surface area contributed by atoms with Crippen LogP contribution in [0.4, 0.5) is 0 Å². The molecule has 0 amide bonds. The molecule has 1 saturated carbocycles. The fourth-order valence-electron chi connectivity index (χ4n) is 7.57. The lowest BCUT2D eigenvalue weighted by molar-refractivity contribution is -0.331. The van der Waals surface area contributed by atoms with Crippen LogP contribution in [-0.4, -0.2) is 87.0 Å². The number of fused-ring (bicyclic) bond motifs is 1. The molecule has 234 valence electrons. The molecule has 10 heteroatoms. The van der Waals surface area contributed by atoms with E-state index >= 15 is 0 Å². The Morgan fingerprint density at radius 3 is 2.41 bits per heavy atom. The molecule has 0 aromatic heterocycles. The lowest BCUT2D eigenvalue weighted by Gasteiger charge is -2.61. The highest BCUT2D eigenvalue weighted by Gasteiger charge is 2.61. The maximum Gasteiger partial charge on any atom is 0.333 e. The van der Waals surface area contributed by atoms with Gasteiger partial charge in [0.25, 0.3) is 0 Å². The third-order valence-electron chi connectivity index (χ3n) is 10.0. The van der Waals surface area contributed by atoms with Crippen molar-refractivity contribution in [1.29, 1.82) is 0 Å². The van der Waals surface area contributed by atoms with Crippen LogP contribution in [0.5, 0.6) is 0 Å². The Hall–Kier alpha value is -1.82. The number of aliphatic hydroxyl groups is 4. The third-order valence-corrected chi connectivity index (χ3v) is 10.0. The second-order valence-corrected chi connectivity index (χ2v) is 13.3. The molecule has 2 aliphatic carbocycles. The number of ether oxygens (including phenoxy) is 3. The van der Waals surface area contributed by atoms with Gasteiger partial charge in [0.2, 0.25) is 0 Å². The van der Waals surface area contributed by atoms with E-state index in [9.17, 15) is 35.1 Å². The minimum atomic E-state index is -1.60. The fourth-order valence-corrected chi connectivity index (χ4v) is 7.57. The van der Waals surface area contributed by atoms with Gasteiger partial charge in [0.15, 0.2) is 6.29 Å². The van der Waals surface area contributed by atoms with Gasteiger partial charge in [0, 0.05) is 17.4 Å². The smallest absolute Gasteiger partial charge is 0.333 e. The molecule has 11 atom stereocenters. The van der Waals surface area contributed by atoms with E-state index < -0.39 is 66.9 Å². The summed E-state index contributed by atoms with van der Waals surface area (Å²) in [6, 6.07) is 0. The third kappa shape index (κ3) is 6.89. The van der Waals surface area contributed by atoms with Crippen LogP contribution in [-0.2, 0) is 23.8 Å². The average molecular weight is 583 g/mol. The standard InChI is InChI=1S/C31H50O10/c1-8-17(3)28(38)41-27-20(39-29-26(37)25(36)24(35)21(15-32)40-29)14-31(7)19(11-9-16(2)13-23(33)34)18(4)10-12-22(31)30(27,5)6/h8,10,16,19-22,24-27,29,32,35-37H,9,11-15H2,1-7H3,(H,33,34)/b17-8-/t16-,19+,20-,21+,22+,24+,25-,26+,27+,29+,31-/m0/s1. The van der Waals surface area contributed by atoms with Gasteiger partial charge in [-0.25, -0.2) is 4.79 Å². The van der Waals surface area contributed by atoms with Gasteiger partial charge >= 0.3 is 11.9 Å². The van der Waals surface area contributed by atoms with E-state index in [1.54, 1.807) is 19.9 Å². The predicted molar refractivity (Wildman–Crippen MR) is 150 cm³/mol. The van der Waals surface area contributed by atoms with Crippen molar-refractivity contribution in [3.63, 3.8) is 0 Å². The monoisotopic (exact) mass is 582 g/mol. The summed E-state index contributed by atoms with van der Waals surface area (Å²) in [4.78, 5) is 24.3. The lowest BCUT2D eigenvalue weighted by Crippen LogP contribution is -2.64. The molecule has 41 heavy (non-hydrogen) atoms. The Bertz CT molecular complexity index is 1000. The van der Waals surface area contributed by atoms with Gasteiger partial charge in [-0.05, 0) is 69.6 Å². The SMILES string of the molecule is C/C=C(/C)C(=O)O[C@@H]1[C@@H](O[C@@H]2O[C@H](CO)[C@@H](O)[C@H](O)[C@H]2O)C[C@@]2(C)[C@H](CC[C@H](C)CC(=O)O)C(C)=CC[C@@H]2C1(C)C. The molecule has 1 aliphatic heterocycles. The van der Waals surface area contributed by atoms with Crippen LogP contribution in [0.15, 0.2) is 23.3 Å². The van der Waals surface area contributed by atoms with Gasteiger partial charge in [-0.3, -0.25) is 4.79 Å². The summed E-state index contributed by atoms with van der Waals surface area (Å²) in [5.41, 5.74) is 0.763. The van der Waals surface area contributed by atoms with Crippen LogP contribution in [0.2, 0.25) is 0 Å². The molecular weight excluding hydrogens is 532 g/mol. The summed E-state index contributed by atoms with van der Waals surface area (Å²) >= 11 is 0. The topological polar surface area (TPSA) is 163 Å². The number of aliphatic hydroxyl groups excluding tert-OH is 4. The first-order valence-electron chi connectivity index (χ1n) is 14.8. The van der Waals surface area contributed by atoms with Gasteiger partial charge < -0.3 is 39.7 Å². The Balaban J connectivity index is 2.00. The number of carboxylic acids is 1. The number of esters is 1. The fraction of sp³-hybridized carbons (Fsp3) is 0.806. The number of carbonyl (C=O) groups is 2. The number of allylic oxidation sites excluding steroid dienone is 3. The zero-order valence-corrected chi connectivity index (χ0v) is 25.4. The molecule has 0 radical (unpaired) electrons. The van der Waals surface area contributed by atoms with Crippen LogP contribution in [0, 0.1) is 28.6 Å². The van der Waals surface area contributed by atoms with Crippen LogP contribution >= 0.6 is 0 Å². The summed E-state index contributed by atoms with van der Waals surface area (Å²) in [6.45, 7) is 13.2. The zero-order chi connectivity index (χ0) is 30.9. The molecule has 2 fully saturated rings. The molecule has 0 aromatic rings. The molecule has 10 nitrogen and oxygen atoms in total. The molecule has 0 unspecified atom stereocenters. The summed E-state index contributed by atoms with van der Waals surface area (Å²) in [7, 11) is 0. The number of rotatable bonds is 10. The van der Waals surface area contributed by atoms with E-state index in [1.165, 1.54) is 5.57 Å². The van der Waals surface area contributed by atoms with E-state index in [0.29, 0.717) is 12.0 Å². The maximum atomic E-state index is 13.1. The molecule has 1 saturated heterocycles. The van der Waals surface area contributed by atoms with Crippen molar-refractivity contribution in [2.45, 2.75) is 123 Å². The van der Waals surface area contributed by atoms with Crippen molar-refractivity contribution in [2.75, 3.05) is 6.61 Å². The van der Waals surface area contributed by atoms with E-state index in [-0.39, 0.29) is 29.6 Å². The first-order valence-corrected chi connectivity index (χ1v) is 14.8. The number of carbonyl (C=O) groups excluding carboxylic acids is 1. The Labute approximate surface area is 243 Å². The van der Waals surface area contributed by atoms with Gasteiger partial charge in [-0.2, -0.15) is 0 Å². The van der Waals surface area contributed by atoms with Gasteiger partial charge in [-0.1, -0.05) is 45.4 Å². The molecular formula is C31H50O10. The van der Waals surface area contributed by atoms with E-state index in [2.05, 4.69) is 33.8 Å². The highest BCUT2D eigenvalue weighted by Crippen LogP contribution is 2.62. The van der Waals surface area contributed by atoms with Crippen LogP contribution in [0.25, 0.3) is 0 Å². The van der Waals surface area contributed by atoms with E-state index in [4.69, 9.17) is 14.2 Å². The van der Waals surface area contributed by atoms with Crippen molar-refractivity contribution in [3.8, 4) is 0 Å². The van der Waals surface area contributed by atoms with Crippen LogP contribution in [0.3, 0.4) is 0 Å². The van der Waals surface area contributed by atoms with Crippen molar-refractivity contribution in [2.24, 2.45) is 28.6 Å². The molecule has 0 spiro atoms. The molecule has 3 aliphatic rings. The minimum Gasteiger partial charge on any atom is -0.481 e. The molecule has 1 heterocycles. The van der Waals surface area contributed by atoms with Gasteiger partial charge in [-0.15, -0.1) is 0 Å². The maximum absolute atomic E-state index is 13.1. The van der Waals surface area contributed by atoms with Crippen molar-refractivity contribution < 1.29 is 49.3 Å². The number of hydrogen-bond donors (Lipinski definition) is 5. The second-order valence-electron chi connectivity index (χ2n) is 13.3. The number of carboxylic acid groups (broad SMARTS) is 1. The average Bonchev–Trinajstić information content (AvgIpc) is 2.89. The summed E-state index contributed by atoms with van der Waals surface area (Å²) < 4.78 is 18.2. The zero-order valence-electron chi connectivity index (χ0n) is 25.4. The normalized spacial score (nSPS) is 39.8. The Morgan fingerprint density at radius 2 is 1.83 bits per heavy atom. The Kier molecular flexibility index (Phi) is 10.9. The lowest BCUT2D eigenvalue weighted by atomic mass is 9.46. The first-order chi connectivity index (χ1) is 19.1. The van der Waals surface area contributed by atoms with Gasteiger partial charge in [0.1, 0.15) is 30.5 Å². The Morgan fingerprint density at radius 1 is 1.17 bits per heavy atom. The largest absolute Gasteiger partial charge is 0.481 e. The predicted octanol–water partition coefficient (Wildman–Crippen LogP) is 2.96. The molecule has 0 aromatic carbocycles. The quantitative estimate of drug-likeness (QED) is 0.147. The van der Waals surface area contributed by atoms with Crippen molar-refractivity contribution in [1.82, 2.24) is 0 Å². The van der Waals surface area contributed by atoms with Crippen molar-refractivity contribution in [3.05, 3.63) is 23.3 Å². The van der Waals surface area contributed by atoms with Gasteiger partial charge in [0.05, 0.1) is 12.7 Å².